The number of pyridine rings is 1. The predicted molar refractivity (Wildman–Crippen MR) is 418 cm³/mol. The van der Waals surface area contributed by atoms with Crippen molar-refractivity contribution in [2.45, 2.75) is 19.3 Å². The third-order valence-electron chi connectivity index (χ3n) is 20.4. The van der Waals surface area contributed by atoms with E-state index in [0.717, 1.165) is 82.7 Å². The second-order valence-corrected chi connectivity index (χ2v) is 27.7. The Labute approximate surface area is 584 Å². The first-order chi connectivity index (χ1) is 49.8. The summed E-state index contributed by atoms with van der Waals surface area (Å²) in [6, 6.07) is 107. The van der Waals surface area contributed by atoms with Gasteiger partial charge < -0.3 is 4.42 Å². The fourth-order valence-electron chi connectivity index (χ4n) is 15.6. The second-order valence-electron chi connectivity index (χ2n) is 26.6. The fraction of sp³-hybridized carbons (Fsp3) is 0.0326. The summed E-state index contributed by atoms with van der Waals surface area (Å²) in [6.07, 6.45) is 1.85. The van der Waals surface area contributed by atoms with Crippen molar-refractivity contribution in [2.75, 3.05) is 0 Å². The molecular weight excluding hydrogens is 1250 g/mol. The van der Waals surface area contributed by atoms with Crippen LogP contribution in [-0.4, -0.2) is 34.9 Å². The van der Waals surface area contributed by atoms with Crippen LogP contribution in [-0.2, 0) is 5.41 Å². The summed E-state index contributed by atoms with van der Waals surface area (Å²) < 4.78 is 8.92. The first kappa shape index (κ1) is 58.2. The highest BCUT2D eigenvalue weighted by Crippen LogP contribution is 2.55. The molecule has 0 unspecified atom stereocenters. The SMILES string of the molecule is CC1(C)c2ccccc2-c2c1c1ccc3cc(-c4nc(-c5ccccc5)nc(-c5ccc6sc7ccccc7c6c5)n4)ccc3c1c1ccccc21.c1ccc(-c2nc(-c3ccccc3)nc(-c3ccc(-c4ccc5c(ccc6ccc7c(ccc8c9ccccc9oc87)c65)c4)nc3)n2)cc1. The molecule has 8 nitrogen and oxygen atoms in total. The van der Waals surface area contributed by atoms with Gasteiger partial charge in [0.15, 0.2) is 34.9 Å². The molecule has 101 heavy (non-hydrogen) atoms. The van der Waals surface area contributed by atoms with E-state index in [-0.39, 0.29) is 5.41 Å². The van der Waals surface area contributed by atoms with Gasteiger partial charge in [0, 0.05) is 86.9 Å². The third kappa shape index (κ3) is 9.60. The molecule has 21 rings (SSSR count). The summed E-state index contributed by atoms with van der Waals surface area (Å²) in [4.78, 5) is 34.7. The highest BCUT2D eigenvalue weighted by Gasteiger charge is 2.38. The molecule has 20 aromatic rings. The molecule has 0 atom stereocenters. The van der Waals surface area contributed by atoms with E-state index >= 15 is 0 Å². The summed E-state index contributed by atoms with van der Waals surface area (Å²) in [7, 11) is 0. The number of fused-ring (bicyclic) bond motifs is 22. The minimum Gasteiger partial charge on any atom is -0.455 e. The van der Waals surface area contributed by atoms with Crippen molar-refractivity contribution >= 4 is 118 Å². The van der Waals surface area contributed by atoms with Gasteiger partial charge >= 0.3 is 0 Å². The molecule has 0 aliphatic heterocycles. The maximum Gasteiger partial charge on any atom is 0.165 e. The summed E-state index contributed by atoms with van der Waals surface area (Å²) in [6.45, 7) is 4.75. The molecule has 0 bridgehead atoms. The Balaban J connectivity index is 0.000000136. The lowest BCUT2D eigenvalue weighted by Gasteiger charge is -2.24. The minimum atomic E-state index is -0.116. The zero-order valence-electron chi connectivity index (χ0n) is 54.9. The maximum atomic E-state index is 6.38. The number of para-hydroxylation sites is 1. The Morgan fingerprint density at radius 1 is 0.297 bits per heavy atom. The van der Waals surface area contributed by atoms with Crippen LogP contribution in [0.25, 0.3) is 197 Å². The number of rotatable bonds is 7. The van der Waals surface area contributed by atoms with Crippen LogP contribution >= 0.6 is 11.3 Å². The molecule has 0 radical (unpaired) electrons. The van der Waals surface area contributed by atoms with E-state index < -0.39 is 0 Å². The zero-order chi connectivity index (χ0) is 66.9. The highest BCUT2D eigenvalue weighted by molar-refractivity contribution is 7.25. The molecule has 472 valence electrons. The number of hydrogen-bond acceptors (Lipinski definition) is 9. The molecule has 0 saturated carbocycles. The average molecular weight is 1310 g/mol. The van der Waals surface area contributed by atoms with Crippen LogP contribution < -0.4 is 0 Å². The molecule has 0 amide bonds. The lowest BCUT2D eigenvalue weighted by Crippen LogP contribution is -2.15. The van der Waals surface area contributed by atoms with Gasteiger partial charge in [0.05, 0.1) is 5.69 Å². The molecule has 5 heterocycles. The van der Waals surface area contributed by atoms with E-state index in [4.69, 9.17) is 39.3 Å². The van der Waals surface area contributed by atoms with E-state index in [1.54, 1.807) is 0 Å². The van der Waals surface area contributed by atoms with E-state index in [1.807, 2.05) is 121 Å². The molecule has 5 aromatic heterocycles. The lowest BCUT2D eigenvalue weighted by atomic mass is 9.78. The van der Waals surface area contributed by atoms with E-state index in [2.05, 4.69) is 214 Å². The molecule has 1 aliphatic rings. The van der Waals surface area contributed by atoms with Crippen LogP contribution in [0, 0.1) is 0 Å². The van der Waals surface area contributed by atoms with Gasteiger partial charge in [-0.3, -0.25) is 4.98 Å². The number of hydrogen-bond donors (Lipinski definition) is 0. The first-order valence-corrected chi connectivity index (χ1v) is 34.9. The number of furan rings is 1. The Bertz CT molecular complexity index is 6730. The van der Waals surface area contributed by atoms with Gasteiger partial charge in [-0.05, 0) is 148 Å². The average Bonchev–Trinajstić information content (AvgIpc) is 1.56. The van der Waals surface area contributed by atoms with Gasteiger partial charge in [-0.2, -0.15) is 0 Å². The van der Waals surface area contributed by atoms with Crippen LogP contribution in [0.1, 0.15) is 25.0 Å². The number of nitrogens with zero attached hydrogens (tertiary/aromatic N) is 7. The Morgan fingerprint density at radius 2 is 0.752 bits per heavy atom. The van der Waals surface area contributed by atoms with Crippen LogP contribution in [0.5, 0.6) is 0 Å². The largest absolute Gasteiger partial charge is 0.455 e. The van der Waals surface area contributed by atoms with Crippen molar-refractivity contribution in [2.24, 2.45) is 0 Å². The Kier molecular flexibility index (Phi) is 13.3. The molecule has 0 N–H and O–H groups in total. The van der Waals surface area contributed by atoms with Gasteiger partial charge in [-0.1, -0.05) is 250 Å². The van der Waals surface area contributed by atoms with Gasteiger partial charge in [0.25, 0.3) is 0 Å². The van der Waals surface area contributed by atoms with Gasteiger partial charge in [0.2, 0.25) is 0 Å². The van der Waals surface area contributed by atoms with Gasteiger partial charge in [-0.25, -0.2) is 29.9 Å². The van der Waals surface area contributed by atoms with Crippen LogP contribution in [0.3, 0.4) is 0 Å². The van der Waals surface area contributed by atoms with Crippen LogP contribution in [0.4, 0.5) is 0 Å². The summed E-state index contributed by atoms with van der Waals surface area (Å²) in [5.41, 5.74) is 14.8. The van der Waals surface area contributed by atoms with Gasteiger partial charge in [-0.15, -0.1) is 11.3 Å². The Hall–Kier alpha value is -13.0. The zero-order valence-corrected chi connectivity index (χ0v) is 55.7. The molecule has 0 saturated heterocycles. The minimum absolute atomic E-state index is 0.116. The van der Waals surface area contributed by atoms with Crippen molar-refractivity contribution in [1.82, 2.24) is 34.9 Å². The van der Waals surface area contributed by atoms with Crippen LogP contribution in [0.15, 0.2) is 314 Å². The normalized spacial score (nSPS) is 12.5. The fourth-order valence-corrected chi connectivity index (χ4v) is 16.7. The monoisotopic (exact) mass is 1310 g/mol. The van der Waals surface area contributed by atoms with Gasteiger partial charge in [0.1, 0.15) is 11.2 Å². The summed E-state index contributed by atoms with van der Waals surface area (Å²) in [5, 5.41) is 19.5. The second kappa shape index (κ2) is 23.1. The van der Waals surface area contributed by atoms with E-state index in [1.165, 1.54) is 90.9 Å². The molecule has 0 fully saturated rings. The van der Waals surface area contributed by atoms with Crippen LogP contribution in [0.2, 0.25) is 0 Å². The van der Waals surface area contributed by atoms with E-state index in [0.29, 0.717) is 34.9 Å². The summed E-state index contributed by atoms with van der Waals surface area (Å²) >= 11 is 1.82. The highest BCUT2D eigenvalue weighted by atomic mass is 32.1. The number of benzene rings is 15. The number of aromatic nitrogens is 7. The molecule has 15 aromatic carbocycles. The van der Waals surface area contributed by atoms with Crippen molar-refractivity contribution in [3.63, 3.8) is 0 Å². The van der Waals surface area contributed by atoms with Crippen molar-refractivity contribution < 1.29 is 4.42 Å². The quantitative estimate of drug-likeness (QED) is 0.145. The number of thiophene rings is 1. The topological polar surface area (TPSA) is 103 Å². The van der Waals surface area contributed by atoms with E-state index in [9.17, 15) is 0 Å². The predicted octanol–water partition coefficient (Wildman–Crippen LogP) is 24.3. The van der Waals surface area contributed by atoms with Crippen molar-refractivity contribution in [3.05, 3.63) is 321 Å². The molecule has 1 aliphatic carbocycles. The third-order valence-corrected chi connectivity index (χ3v) is 21.6. The lowest BCUT2D eigenvalue weighted by molar-refractivity contribution is 0.666. The maximum absolute atomic E-state index is 6.38. The van der Waals surface area contributed by atoms with Crippen molar-refractivity contribution in [3.8, 4) is 90.7 Å². The molecule has 9 heteroatoms. The summed E-state index contributed by atoms with van der Waals surface area (Å²) in [5.74, 6) is 3.84. The molecular formula is C92H57N7OS. The molecule has 0 spiro atoms. The Morgan fingerprint density at radius 3 is 1.45 bits per heavy atom. The first-order valence-electron chi connectivity index (χ1n) is 34.1. The smallest absolute Gasteiger partial charge is 0.165 e. The van der Waals surface area contributed by atoms with Crippen molar-refractivity contribution in [1.29, 1.82) is 0 Å². The standard InChI is InChI=1S/C48H31N3S.C44H26N4O/c1-48(2)39-18-10-8-17-36(39)43-35-16-7-6-15-34(35)42-32-23-21-30(26-29(32)20-24-37(42)44(43)48)46-49-45(28-12-4-3-5-13-28)50-47(51-46)31-22-25-41-38(27-31)33-14-9-11-19-40(33)52-41;1-3-9-28(10-4-1)42-46-43(29-11-5-2-6-12-29)48-44(47-42)32-19-24-38(45-26-32)31-18-20-33-30(25-31)16-15-27-17-21-37-35(40(27)33)22-23-36-34-13-7-8-14-39(34)49-41(36)37/h3-27H,1-2H3;1-26H.